The zero-order chi connectivity index (χ0) is 9.03. The molecular formula is C11H25NO. The number of rotatable bonds is 2. The molecule has 2 nitrogen and oxygen atoms in total. The molecule has 1 rings (SSSR count). The van der Waals surface area contributed by atoms with Gasteiger partial charge < -0.3 is 9.96 Å². The zero-order valence-electron chi connectivity index (χ0n) is 9.42. The molecule has 0 spiro atoms. The van der Waals surface area contributed by atoms with Gasteiger partial charge in [0.1, 0.15) is 0 Å². The van der Waals surface area contributed by atoms with E-state index in [-0.39, 0.29) is 5.48 Å². The van der Waals surface area contributed by atoms with Crippen molar-refractivity contribution in [3.05, 3.63) is 0 Å². The fraction of sp³-hybridized carbons (Fsp3) is 1.00. The van der Waals surface area contributed by atoms with Crippen LogP contribution >= 0.6 is 0 Å². The zero-order valence-corrected chi connectivity index (χ0v) is 9.42. The highest BCUT2D eigenvalue weighted by Crippen LogP contribution is 2.24. The summed E-state index contributed by atoms with van der Waals surface area (Å²) >= 11 is 0. The summed E-state index contributed by atoms with van der Waals surface area (Å²) in [6.45, 7) is 1.38. The quantitative estimate of drug-likeness (QED) is 0.482. The lowest BCUT2D eigenvalue weighted by molar-refractivity contribution is -0.874. The Morgan fingerprint density at radius 2 is 1.38 bits per heavy atom. The van der Waals surface area contributed by atoms with Crippen molar-refractivity contribution in [2.75, 3.05) is 27.7 Å². The third-order valence-corrected chi connectivity index (χ3v) is 2.78. The molecule has 1 saturated carbocycles. The van der Waals surface area contributed by atoms with Gasteiger partial charge in [-0.3, -0.25) is 0 Å². The van der Waals surface area contributed by atoms with Crippen LogP contribution in [0.5, 0.6) is 0 Å². The highest BCUT2D eigenvalue weighted by Gasteiger charge is 2.18. The van der Waals surface area contributed by atoms with Crippen LogP contribution in [0.3, 0.4) is 0 Å². The Labute approximate surface area is 82.8 Å². The van der Waals surface area contributed by atoms with Gasteiger partial charge in [0, 0.05) is 5.92 Å². The lowest BCUT2D eigenvalue weighted by atomic mass is 9.99. The maximum atomic E-state index is 2.31. The van der Waals surface area contributed by atoms with Gasteiger partial charge in [-0.2, -0.15) is 0 Å². The van der Waals surface area contributed by atoms with Crippen molar-refractivity contribution < 1.29 is 9.96 Å². The standard InChI is InChI=1S/C11H24N.H2O/c1-12(2,3)10-11-8-6-4-5-7-9-11;/h11H,4-10H2,1-3H3;1H2/q+1;/p-1. The van der Waals surface area contributed by atoms with E-state index in [0.717, 1.165) is 10.4 Å². The normalized spacial score (nSPS) is 20.5. The third-order valence-electron chi connectivity index (χ3n) is 2.78. The second kappa shape index (κ2) is 5.61. The average Bonchev–Trinajstić information content (AvgIpc) is 2.12. The Hall–Kier alpha value is -0.0800. The Bertz CT molecular complexity index is 121. The van der Waals surface area contributed by atoms with Gasteiger partial charge in [0.2, 0.25) is 0 Å². The van der Waals surface area contributed by atoms with Crippen LogP contribution in [0.4, 0.5) is 0 Å². The van der Waals surface area contributed by atoms with E-state index in [2.05, 4.69) is 21.1 Å². The van der Waals surface area contributed by atoms with E-state index in [1.807, 2.05) is 0 Å². The van der Waals surface area contributed by atoms with Gasteiger partial charge in [0.25, 0.3) is 0 Å². The Kier molecular flexibility index (Phi) is 5.57. The molecule has 0 unspecified atom stereocenters. The topological polar surface area (TPSA) is 30.0 Å². The van der Waals surface area contributed by atoms with Crippen molar-refractivity contribution in [1.82, 2.24) is 0 Å². The minimum Gasteiger partial charge on any atom is -0.870 e. The fourth-order valence-corrected chi connectivity index (χ4v) is 2.32. The minimum absolute atomic E-state index is 0. The largest absolute Gasteiger partial charge is 0.870 e. The Balaban J connectivity index is 0.00000144. The lowest BCUT2D eigenvalue weighted by Gasteiger charge is -2.28. The van der Waals surface area contributed by atoms with Crippen LogP contribution in [0.25, 0.3) is 0 Å². The van der Waals surface area contributed by atoms with Crippen molar-refractivity contribution in [2.24, 2.45) is 5.92 Å². The average molecular weight is 187 g/mol. The summed E-state index contributed by atoms with van der Waals surface area (Å²) < 4.78 is 1.14. The summed E-state index contributed by atoms with van der Waals surface area (Å²) in [7, 11) is 6.93. The number of hydrogen-bond acceptors (Lipinski definition) is 1. The highest BCUT2D eigenvalue weighted by molar-refractivity contribution is 4.63. The third kappa shape index (κ3) is 6.05. The lowest BCUT2D eigenvalue weighted by Crippen LogP contribution is -2.39. The van der Waals surface area contributed by atoms with Gasteiger partial charge in [-0.25, -0.2) is 0 Å². The number of nitrogens with zero attached hydrogens (tertiary/aromatic N) is 1. The van der Waals surface area contributed by atoms with Gasteiger partial charge in [-0.05, 0) is 12.8 Å². The highest BCUT2D eigenvalue weighted by atomic mass is 16.0. The molecule has 0 aromatic rings. The van der Waals surface area contributed by atoms with E-state index in [0.29, 0.717) is 0 Å². The minimum atomic E-state index is 0. The molecule has 1 fully saturated rings. The predicted octanol–water partition coefficient (Wildman–Crippen LogP) is 2.49. The van der Waals surface area contributed by atoms with E-state index in [4.69, 9.17) is 0 Å². The molecule has 1 N–H and O–H groups in total. The number of hydrogen-bond donors (Lipinski definition) is 0. The molecule has 1 aliphatic carbocycles. The molecule has 0 aromatic heterocycles. The van der Waals surface area contributed by atoms with Gasteiger partial charge in [-0.1, -0.05) is 25.7 Å². The summed E-state index contributed by atoms with van der Waals surface area (Å²) in [5, 5.41) is 0. The van der Waals surface area contributed by atoms with Crippen molar-refractivity contribution >= 4 is 0 Å². The van der Waals surface area contributed by atoms with E-state index in [1.165, 1.54) is 45.1 Å². The molecule has 80 valence electrons. The van der Waals surface area contributed by atoms with Crippen LogP contribution in [0.1, 0.15) is 38.5 Å². The molecule has 0 bridgehead atoms. The second-order valence-electron chi connectivity index (χ2n) is 5.33. The first-order valence-corrected chi connectivity index (χ1v) is 5.38. The summed E-state index contributed by atoms with van der Waals surface area (Å²) in [5.74, 6) is 1.01. The van der Waals surface area contributed by atoms with E-state index >= 15 is 0 Å². The van der Waals surface area contributed by atoms with Gasteiger partial charge >= 0.3 is 0 Å². The van der Waals surface area contributed by atoms with E-state index < -0.39 is 0 Å². The van der Waals surface area contributed by atoms with Crippen molar-refractivity contribution in [3.63, 3.8) is 0 Å². The molecule has 0 amide bonds. The van der Waals surface area contributed by atoms with Crippen LogP contribution in [0.2, 0.25) is 0 Å². The second-order valence-corrected chi connectivity index (χ2v) is 5.33. The van der Waals surface area contributed by atoms with Crippen molar-refractivity contribution in [1.29, 1.82) is 0 Å². The molecule has 2 heteroatoms. The molecule has 0 saturated heterocycles. The van der Waals surface area contributed by atoms with E-state index in [1.54, 1.807) is 0 Å². The number of quaternary nitrogens is 1. The van der Waals surface area contributed by atoms with Crippen LogP contribution in [0, 0.1) is 5.92 Å². The summed E-state index contributed by atoms with van der Waals surface area (Å²) in [4.78, 5) is 0. The Morgan fingerprint density at radius 1 is 0.923 bits per heavy atom. The maximum Gasteiger partial charge on any atom is 0.0809 e. The van der Waals surface area contributed by atoms with Crippen LogP contribution < -0.4 is 0 Å². The Morgan fingerprint density at radius 3 is 1.77 bits per heavy atom. The van der Waals surface area contributed by atoms with Crippen LogP contribution in [-0.4, -0.2) is 37.6 Å². The van der Waals surface area contributed by atoms with Crippen LogP contribution in [-0.2, 0) is 0 Å². The van der Waals surface area contributed by atoms with Crippen LogP contribution in [0.15, 0.2) is 0 Å². The molecule has 0 atom stereocenters. The smallest absolute Gasteiger partial charge is 0.0809 e. The molecule has 0 radical (unpaired) electrons. The SMILES string of the molecule is C[N+](C)(C)CC1CCCCCC1.[OH-]. The first-order chi connectivity index (χ1) is 5.58. The molecular weight excluding hydrogens is 162 g/mol. The van der Waals surface area contributed by atoms with Crippen molar-refractivity contribution in [3.8, 4) is 0 Å². The predicted molar refractivity (Wildman–Crippen MR) is 56.0 cm³/mol. The summed E-state index contributed by atoms with van der Waals surface area (Å²) in [5.41, 5.74) is 0. The first-order valence-electron chi connectivity index (χ1n) is 5.38. The van der Waals surface area contributed by atoms with Crippen molar-refractivity contribution in [2.45, 2.75) is 38.5 Å². The molecule has 0 aromatic carbocycles. The van der Waals surface area contributed by atoms with E-state index in [9.17, 15) is 0 Å². The first kappa shape index (κ1) is 12.9. The monoisotopic (exact) mass is 187 g/mol. The summed E-state index contributed by atoms with van der Waals surface area (Å²) in [6.07, 6.45) is 8.88. The molecule has 13 heavy (non-hydrogen) atoms. The molecule has 0 aliphatic heterocycles. The summed E-state index contributed by atoms with van der Waals surface area (Å²) in [6, 6.07) is 0. The van der Waals surface area contributed by atoms with Gasteiger partial charge in [0.05, 0.1) is 27.7 Å². The van der Waals surface area contributed by atoms with Gasteiger partial charge in [-0.15, -0.1) is 0 Å². The molecule has 1 aliphatic rings. The fourth-order valence-electron chi connectivity index (χ4n) is 2.32. The maximum absolute atomic E-state index is 2.31. The molecule has 0 heterocycles. The van der Waals surface area contributed by atoms with Gasteiger partial charge in [0.15, 0.2) is 0 Å².